The summed E-state index contributed by atoms with van der Waals surface area (Å²) in [5.74, 6) is 1.55. The van der Waals surface area contributed by atoms with Crippen LogP contribution in [0.25, 0.3) is 0 Å². The van der Waals surface area contributed by atoms with Crippen LogP contribution in [0.2, 0.25) is 0 Å². The van der Waals surface area contributed by atoms with Gasteiger partial charge < -0.3 is 20.3 Å². The molecule has 7 heteroatoms. The minimum absolute atomic E-state index is 0. The van der Waals surface area contributed by atoms with E-state index < -0.39 is 0 Å². The van der Waals surface area contributed by atoms with Crippen LogP contribution in [-0.2, 0) is 4.74 Å². The maximum Gasteiger partial charge on any atom is 0.191 e. The van der Waals surface area contributed by atoms with Gasteiger partial charge in [0.15, 0.2) is 5.96 Å². The number of nitrogens with one attached hydrogen (secondary N) is 2. The third-order valence-corrected chi connectivity index (χ3v) is 7.63. The number of piperazine rings is 1. The number of hydrogen-bond donors (Lipinski definition) is 2. The lowest BCUT2D eigenvalue weighted by Gasteiger charge is -2.54. The van der Waals surface area contributed by atoms with Gasteiger partial charge in [0, 0.05) is 76.0 Å². The SMILES string of the molecule is CN=C(NCCN1CCN(c2cccc(C)c2C)CC1)NC1C2CCOC2C1(C)C.I. The summed E-state index contributed by atoms with van der Waals surface area (Å²) < 4.78 is 5.92. The second kappa shape index (κ2) is 10.3. The fourth-order valence-electron chi connectivity index (χ4n) is 5.58. The summed E-state index contributed by atoms with van der Waals surface area (Å²) in [6.45, 7) is 16.3. The molecule has 1 aromatic carbocycles. The molecule has 3 fully saturated rings. The van der Waals surface area contributed by atoms with Gasteiger partial charge in [-0.05, 0) is 37.5 Å². The topological polar surface area (TPSA) is 52.1 Å². The Balaban J connectivity index is 0.00000272. The van der Waals surface area contributed by atoms with Gasteiger partial charge >= 0.3 is 0 Å². The van der Waals surface area contributed by atoms with Crippen LogP contribution in [-0.4, -0.2) is 75.9 Å². The molecule has 0 bridgehead atoms. The van der Waals surface area contributed by atoms with Crippen LogP contribution in [0.4, 0.5) is 5.69 Å². The number of guanidine groups is 1. The zero-order valence-corrected chi connectivity index (χ0v) is 22.1. The van der Waals surface area contributed by atoms with Crippen molar-refractivity contribution in [2.45, 2.75) is 46.3 Å². The maximum absolute atomic E-state index is 5.92. The fourth-order valence-corrected chi connectivity index (χ4v) is 5.58. The quantitative estimate of drug-likeness (QED) is 0.341. The van der Waals surface area contributed by atoms with Crippen molar-refractivity contribution in [1.29, 1.82) is 0 Å². The maximum atomic E-state index is 5.92. The summed E-state index contributed by atoms with van der Waals surface area (Å²) in [5, 5.41) is 7.21. The molecule has 2 aliphatic heterocycles. The van der Waals surface area contributed by atoms with Crippen molar-refractivity contribution in [3.63, 3.8) is 0 Å². The van der Waals surface area contributed by atoms with Crippen molar-refractivity contribution >= 4 is 35.6 Å². The average molecular weight is 542 g/mol. The molecule has 2 N–H and O–H groups in total. The number of ether oxygens (including phenoxy) is 1. The number of hydrogen-bond acceptors (Lipinski definition) is 4. The third-order valence-electron chi connectivity index (χ3n) is 7.63. The van der Waals surface area contributed by atoms with E-state index >= 15 is 0 Å². The number of rotatable bonds is 5. The number of aryl methyl sites for hydroxylation is 1. The van der Waals surface area contributed by atoms with Crippen LogP contribution >= 0.6 is 24.0 Å². The van der Waals surface area contributed by atoms with E-state index in [1.54, 1.807) is 0 Å². The molecule has 0 spiro atoms. The molecule has 31 heavy (non-hydrogen) atoms. The monoisotopic (exact) mass is 541 g/mol. The van der Waals surface area contributed by atoms with E-state index in [0.29, 0.717) is 18.1 Å². The zero-order chi connectivity index (χ0) is 21.3. The lowest BCUT2D eigenvalue weighted by molar-refractivity contribution is -0.106. The van der Waals surface area contributed by atoms with Gasteiger partial charge in [-0.1, -0.05) is 26.0 Å². The molecule has 4 rings (SSSR count). The highest BCUT2D eigenvalue weighted by Gasteiger charge is 2.59. The summed E-state index contributed by atoms with van der Waals surface area (Å²) in [4.78, 5) is 9.55. The number of anilines is 1. The Hall–Kier alpha value is -1.06. The number of fused-ring (bicyclic) bond motifs is 1. The minimum atomic E-state index is 0. The molecule has 3 aliphatic rings. The number of halogens is 1. The van der Waals surface area contributed by atoms with Crippen molar-refractivity contribution in [1.82, 2.24) is 15.5 Å². The van der Waals surface area contributed by atoms with Crippen molar-refractivity contribution in [2.75, 3.05) is 57.8 Å². The van der Waals surface area contributed by atoms with Crippen LogP contribution in [0, 0.1) is 25.2 Å². The standard InChI is InChI=1S/C24H39N5O.HI/c1-17-7-6-8-20(18(17)2)29-14-12-28(13-15-29)11-10-26-23(25-5)27-21-19-9-16-30-22(19)24(21,3)4;/h6-8,19,21-22H,9-16H2,1-5H3,(H2,25,26,27);1H. The first kappa shape index (κ1) is 24.6. The fraction of sp³-hybridized carbons (Fsp3) is 0.708. The van der Waals surface area contributed by atoms with Crippen LogP contribution < -0.4 is 15.5 Å². The smallest absolute Gasteiger partial charge is 0.191 e. The van der Waals surface area contributed by atoms with Gasteiger partial charge in [0.25, 0.3) is 0 Å². The van der Waals surface area contributed by atoms with Gasteiger partial charge in [-0.15, -0.1) is 24.0 Å². The first-order valence-electron chi connectivity index (χ1n) is 11.5. The van der Waals surface area contributed by atoms with Gasteiger partial charge in [-0.2, -0.15) is 0 Å². The Morgan fingerprint density at radius 1 is 1.19 bits per heavy atom. The molecule has 3 unspecified atom stereocenters. The highest BCUT2D eigenvalue weighted by Crippen LogP contribution is 2.52. The molecular formula is C24H40IN5O. The van der Waals surface area contributed by atoms with Gasteiger partial charge in [-0.25, -0.2) is 0 Å². The molecule has 3 atom stereocenters. The molecule has 2 saturated heterocycles. The Morgan fingerprint density at radius 3 is 2.65 bits per heavy atom. The largest absolute Gasteiger partial charge is 0.377 e. The number of aliphatic imine (C=N–C) groups is 1. The van der Waals surface area contributed by atoms with Crippen molar-refractivity contribution in [2.24, 2.45) is 16.3 Å². The van der Waals surface area contributed by atoms with Crippen LogP contribution in [0.15, 0.2) is 23.2 Å². The normalized spacial score (nSPS) is 27.8. The molecule has 1 saturated carbocycles. The number of nitrogens with zero attached hydrogens (tertiary/aromatic N) is 3. The summed E-state index contributed by atoms with van der Waals surface area (Å²) in [6.07, 6.45) is 1.56. The van der Waals surface area contributed by atoms with E-state index in [-0.39, 0.29) is 29.4 Å². The lowest BCUT2D eigenvalue weighted by atomic mass is 9.57. The lowest BCUT2D eigenvalue weighted by Crippen LogP contribution is -2.68. The first-order chi connectivity index (χ1) is 14.4. The molecule has 6 nitrogen and oxygen atoms in total. The molecule has 0 aromatic heterocycles. The summed E-state index contributed by atoms with van der Waals surface area (Å²) in [6, 6.07) is 7.08. The van der Waals surface area contributed by atoms with Gasteiger partial charge in [-0.3, -0.25) is 9.89 Å². The molecule has 0 amide bonds. The summed E-state index contributed by atoms with van der Waals surface area (Å²) in [5.41, 5.74) is 4.36. The minimum Gasteiger partial charge on any atom is -0.377 e. The summed E-state index contributed by atoms with van der Waals surface area (Å²) in [7, 11) is 1.87. The van der Waals surface area contributed by atoms with Crippen LogP contribution in [0.3, 0.4) is 0 Å². The molecule has 1 aromatic rings. The van der Waals surface area contributed by atoms with E-state index in [9.17, 15) is 0 Å². The highest BCUT2D eigenvalue weighted by atomic mass is 127. The Bertz CT molecular complexity index is 775. The molecule has 2 heterocycles. The third kappa shape index (κ3) is 4.98. The molecule has 174 valence electrons. The predicted octanol–water partition coefficient (Wildman–Crippen LogP) is 3.02. The van der Waals surface area contributed by atoms with E-state index in [4.69, 9.17) is 4.74 Å². The summed E-state index contributed by atoms with van der Waals surface area (Å²) >= 11 is 0. The van der Waals surface area contributed by atoms with Crippen LogP contribution in [0.1, 0.15) is 31.4 Å². The van der Waals surface area contributed by atoms with Gasteiger partial charge in [0.2, 0.25) is 0 Å². The van der Waals surface area contributed by atoms with Gasteiger partial charge in [0.1, 0.15) is 0 Å². The van der Waals surface area contributed by atoms with Crippen LogP contribution in [0.5, 0.6) is 0 Å². The van der Waals surface area contributed by atoms with Crippen molar-refractivity contribution in [3.8, 4) is 0 Å². The predicted molar refractivity (Wildman–Crippen MR) is 140 cm³/mol. The zero-order valence-electron chi connectivity index (χ0n) is 19.8. The van der Waals surface area contributed by atoms with E-state index in [1.165, 1.54) is 16.8 Å². The second-order valence-electron chi connectivity index (χ2n) is 9.73. The molecule has 0 radical (unpaired) electrons. The molecular weight excluding hydrogens is 501 g/mol. The molecule has 1 aliphatic carbocycles. The van der Waals surface area contributed by atoms with E-state index in [2.05, 4.69) is 71.3 Å². The van der Waals surface area contributed by atoms with Gasteiger partial charge in [0.05, 0.1) is 6.10 Å². The number of benzene rings is 1. The van der Waals surface area contributed by atoms with Crippen molar-refractivity contribution in [3.05, 3.63) is 29.3 Å². The second-order valence-corrected chi connectivity index (χ2v) is 9.73. The first-order valence-corrected chi connectivity index (χ1v) is 11.5. The Labute approximate surface area is 205 Å². The average Bonchev–Trinajstić information content (AvgIpc) is 3.20. The van der Waals surface area contributed by atoms with E-state index in [0.717, 1.165) is 58.3 Å². The Kier molecular flexibility index (Phi) is 8.13. The van der Waals surface area contributed by atoms with E-state index in [1.807, 2.05) is 7.05 Å². The van der Waals surface area contributed by atoms with Crippen molar-refractivity contribution < 1.29 is 4.74 Å². The highest BCUT2D eigenvalue weighted by molar-refractivity contribution is 14.0. The Morgan fingerprint density at radius 2 is 1.94 bits per heavy atom.